The maximum absolute atomic E-state index is 13.2. The molecule has 1 N–H and O–H groups in total. The smallest absolute Gasteiger partial charge is 0.404 e. The van der Waals surface area contributed by atoms with Gasteiger partial charge in [0.2, 0.25) is 0 Å². The lowest BCUT2D eigenvalue weighted by Crippen LogP contribution is -2.58. The number of hydrogen-bond donors (Lipinski definition) is 1. The molecule has 4 aliphatic rings. The average molecular weight is 320 g/mol. The van der Waals surface area contributed by atoms with Crippen molar-refractivity contribution in [3.05, 3.63) is 0 Å². The molecule has 0 aromatic rings. The van der Waals surface area contributed by atoms with Crippen molar-refractivity contribution in [1.29, 1.82) is 0 Å². The van der Waals surface area contributed by atoms with E-state index in [-0.39, 0.29) is 18.3 Å². The fourth-order valence-corrected chi connectivity index (χ4v) is 4.84. The van der Waals surface area contributed by atoms with E-state index in [1.165, 1.54) is 6.92 Å². The number of alkyl halides is 3. The van der Waals surface area contributed by atoms with Crippen LogP contribution in [-0.4, -0.2) is 29.0 Å². The van der Waals surface area contributed by atoms with Gasteiger partial charge in [0, 0.05) is 0 Å². The highest BCUT2D eigenvalue weighted by Gasteiger charge is 2.60. The molecule has 0 aromatic carbocycles. The van der Waals surface area contributed by atoms with Crippen molar-refractivity contribution < 1.29 is 27.8 Å². The fraction of sp³-hybridized carbons (Fsp3) is 0.938. The number of carbonyl (C=O) groups is 1. The highest BCUT2D eigenvalue weighted by atomic mass is 19.4. The lowest BCUT2D eigenvalue weighted by Gasteiger charge is -2.57. The topological polar surface area (TPSA) is 46.5 Å². The van der Waals surface area contributed by atoms with E-state index in [1.54, 1.807) is 0 Å². The molecule has 6 heteroatoms. The molecule has 4 aliphatic carbocycles. The van der Waals surface area contributed by atoms with E-state index >= 15 is 0 Å². The largest absolute Gasteiger partial charge is 0.461 e. The molecule has 22 heavy (non-hydrogen) atoms. The number of halogens is 3. The number of rotatable bonds is 3. The Hall–Kier alpha value is -0.780. The van der Waals surface area contributed by atoms with Crippen LogP contribution in [0.15, 0.2) is 0 Å². The minimum atomic E-state index is -4.61. The molecule has 3 atom stereocenters. The van der Waals surface area contributed by atoms with Gasteiger partial charge in [0.1, 0.15) is 6.10 Å². The van der Waals surface area contributed by atoms with Crippen LogP contribution in [0.25, 0.3) is 0 Å². The van der Waals surface area contributed by atoms with Crippen LogP contribution in [0, 0.1) is 23.2 Å². The van der Waals surface area contributed by atoms with Crippen molar-refractivity contribution in [2.75, 3.05) is 0 Å². The van der Waals surface area contributed by atoms with Crippen molar-refractivity contribution in [3.8, 4) is 0 Å². The van der Waals surface area contributed by atoms with Gasteiger partial charge in [-0.3, -0.25) is 4.79 Å². The third kappa shape index (κ3) is 2.34. The quantitative estimate of drug-likeness (QED) is 0.810. The number of ether oxygens (including phenoxy) is 1. The molecule has 4 bridgehead atoms. The summed E-state index contributed by atoms with van der Waals surface area (Å²) in [4.78, 5) is 12.2. The third-order valence-corrected chi connectivity index (χ3v) is 6.18. The Kier molecular flexibility index (Phi) is 3.55. The van der Waals surface area contributed by atoms with Crippen molar-refractivity contribution in [2.45, 2.75) is 70.3 Å². The molecule has 0 heterocycles. The summed E-state index contributed by atoms with van der Waals surface area (Å²) < 4.78 is 45.0. The van der Waals surface area contributed by atoms with Gasteiger partial charge in [-0.2, -0.15) is 13.2 Å². The molecule has 4 fully saturated rings. The first-order valence-corrected chi connectivity index (χ1v) is 8.08. The monoisotopic (exact) mass is 320 g/mol. The Morgan fingerprint density at radius 2 is 1.77 bits per heavy atom. The average Bonchev–Trinajstić information content (AvgIpc) is 2.38. The van der Waals surface area contributed by atoms with Gasteiger partial charge >= 0.3 is 12.1 Å². The van der Waals surface area contributed by atoms with Gasteiger partial charge in [-0.05, 0) is 63.2 Å². The van der Waals surface area contributed by atoms with Crippen LogP contribution in [0.5, 0.6) is 0 Å². The molecule has 0 aromatic heterocycles. The molecular weight excluding hydrogens is 297 g/mol. The maximum Gasteiger partial charge on any atom is 0.404 e. The minimum Gasteiger partial charge on any atom is -0.461 e. The first kappa shape index (κ1) is 16.1. The highest BCUT2D eigenvalue weighted by molar-refractivity contribution is 5.77. The van der Waals surface area contributed by atoms with E-state index in [4.69, 9.17) is 4.74 Å². The molecule has 3 unspecified atom stereocenters. The lowest BCUT2D eigenvalue weighted by atomic mass is 9.53. The zero-order valence-corrected chi connectivity index (χ0v) is 12.9. The van der Waals surface area contributed by atoms with Gasteiger partial charge in [0.15, 0.2) is 5.41 Å². The number of carbonyl (C=O) groups excluding carboxylic acids is 1. The zero-order valence-electron chi connectivity index (χ0n) is 12.9. The SMILES string of the molecule is CCC(C)(C(=O)OC1C2CC3CC1CC(O)(C3)C2)C(F)(F)F. The van der Waals surface area contributed by atoms with E-state index in [1.807, 2.05) is 0 Å². The Balaban J connectivity index is 1.75. The standard InChI is InChI=1S/C16H23F3O3/c1-3-14(2,16(17,18)19)13(20)22-12-10-4-9-5-11(12)8-15(21,6-9)7-10/h9-12,21H,3-8H2,1-2H3. The van der Waals surface area contributed by atoms with Crippen LogP contribution in [0.1, 0.15) is 52.4 Å². The summed E-state index contributed by atoms with van der Waals surface area (Å²) in [7, 11) is 0. The molecule has 4 rings (SSSR count). The Morgan fingerprint density at radius 1 is 1.23 bits per heavy atom. The summed E-state index contributed by atoms with van der Waals surface area (Å²) in [6.45, 7) is 2.27. The molecule has 0 aliphatic heterocycles. The third-order valence-electron chi connectivity index (χ3n) is 6.18. The van der Waals surface area contributed by atoms with Crippen molar-refractivity contribution in [3.63, 3.8) is 0 Å². The molecule has 3 nitrogen and oxygen atoms in total. The number of hydrogen-bond acceptors (Lipinski definition) is 3. The van der Waals surface area contributed by atoms with Gasteiger partial charge in [-0.25, -0.2) is 0 Å². The fourth-order valence-electron chi connectivity index (χ4n) is 4.84. The van der Waals surface area contributed by atoms with E-state index in [0.717, 1.165) is 26.2 Å². The van der Waals surface area contributed by atoms with Gasteiger partial charge in [-0.1, -0.05) is 6.92 Å². The summed E-state index contributed by atoms with van der Waals surface area (Å²) >= 11 is 0. The molecule has 0 radical (unpaired) electrons. The lowest BCUT2D eigenvalue weighted by molar-refractivity contribution is -0.245. The van der Waals surface area contributed by atoms with E-state index < -0.39 is 29.3 Å². The van der Waals surface area contributed by atoms with Crippen molar-refractivity contribution in [1.82, 2.24) is 0 Å². The Bertz CT molecular complexity index is 460. The maximum atomic E-state index is 13.2. The minimum absolute atomic E-state index is 0.00883. The first-order valence-electron chi connectivity index (χ1n) is 8.08. The second kappa shape index (κ2) is 4.86. The van der Waals surface area contributed by atoms with E-state index in [2.05, 4.69) is 0 Å². The van der Waals surface area contributed by atoms with Crippen LogP contribution < -0.4 is 0 Å². The second-order valence-corrected chi connectivity index (χ2v) is 7.75. The van der Waals surface area contributed by atoms with Crippen molar-refractivity contribution >= 4 is 5.97 Å². The molecule has 0 saturated heterocycles. The number of esters is 1. The molecule has 0 spiro atoms. The van der Waals surface area contributed by atoms with Crippen LogP contribution in [0.4, 0.5) is 13.2 Å². The van der Waals surface area contributed by atoms with Crippen LogP contribution in [-0.2, 0) is 9.53 Å². The summed E-state index contributed by atoms with van der Waals surface area (Å²) in [5.74, 6) is -0.714. The van der Waals surface area contributed by atoms with Crippen LogP contribution in [0.2, 0.25) is 0 Å². The summed E-state index contributed by atoms with van der Waals surface area (Å²) in [6, 6.07) is 0. The molecular formula is C16H23F3O3. The normalized spacial score (nSPS) is 43.0. The van der Waals surface area contributed by atoms with E-state index in [9.17, 15) is 23.1 Å². The number of aliphatic hydroxyl groups is 1. The molecule has 126 valence electrons. The summed E-state index contributed by atoms with van der Waals surface area (Å²) in [5.41, 5.74) is -3.13. The Morgan fingerprint density at radius 3 is 2.18 bits per heavy atom. The first-order chi connectivity index (χ1) is 10.1. The van der Waals surface area contributed by atoms with Gasteiger partial charge in [0.25, 0.3) is 0 Å². The summed E-state index contributed by atoms with van der Waals surface area (Å²) in [6.07, 6.45) is -1.81. The zero-order chi connectivity index (χ0) is 16.3. The van der Waals surface area contributed by atoms with Crippen LogP contribution in [0.3, 0.4) is 0 Å². The molecule has 4 saturated carbocycles. The Labute approximate surface area is 128 Å². The predicted molar refractivity (Wildman–Crippen MR) is 72.8 cm³/mol. The second-order valence-electron chi connectivity index (χ2n) is 7.75. The van der Waals surface area contributed by atoms with Gasteiger partial charge in [0.05, 0.1) is 5.60 Å². The van der Waals surface area contributed by atoms with Crippen LogP contribution >= 0.6 is 0 Å². The van der Waals surface area contributed by atoms with Gasteiger partial charge < -0.3 is 9.84 Å². The van der Waals surface area contributed by atoms with Crippen molar-refractivity contribution in [2.24, 2.45) is 23.2 Å². The highest BCUT2D eigenvalue weighted by Crippen LogP contribution is 2.57. The van der Waals surface area contributed by atoms with E-state index in [0.29, 0.717) is 18.8 Å². The summed E-state index contributed by atoms with van der Waals surface area (Å²) in [5, 5.41) is 10.5. The molecule has 0 amide bonds. The van der Waals surface area contributed by atoms with Gasteiger partial charge in [-0.15, -0.1) is 0 Å². The predicted octanol–water partition coefficient (Wildman–Crippen LogP) is 3.45.